The van der Waals surface area contributed by atoms with E-state index in [4.69, 9.17) is 5.73 Å². The number of nitrogens with two attached hydrogens (primary N) is 1. The van der Waals surface area contributed by atoms with Crippen LogP contribution in [0.4, 0.5) is 11.6 Å². The first kappa shape index (κ1) is 14.1. The van der Waals surface area contributed by atoms with Crippen molar-refractivity contribution in [3.05, 3.63) is 11.9 Å². The molecule has 0 radical (unpaired) electrons. The Hall–Kier alpha value is -1.36. The zero-order valence-corrected chi connectivity index (χ0v) is 11.8. The van der Waals surface area contributed by atoms with Gasteiger partial charge in [0.25, 0.3) is 0 Å². The fourth-order valence-corrected chi connectivity index (χ4v) is 2.91. The lowest BCUT2D eigenvalue weighted by Crippen LogP contribution is -2.41. The molecule has 2 heterocycles. The molecule has 19 heavy (non-hydrogen) atoms. The number of aromatic nitrogens is 2. The van der Waals surface area contributed by atoms with Crippen molar-refractivity contribution in [3.8, 4) is 0 Å². The number of anilines is 2. The molecule has 1 unspecified atom stereocenters. The van der Waals surface area contributed by atoms with Crippen LogP contribution in [-0.2, 0) is 0 Å². The maximum Gasteiger partial charge on any atom is 0.137 e. The lowest BCUT2D eigenvalue weighted by Gasteiger charge is -2.38. The highest BCUT2D eigenvalue weighted by Crippen LogP contribution is 2.33. The van der Waals surface area contributed by atoms with E-state index in [0.29, 0.717) is 17.8 Å². The number of aliphatic hydroxyl groups excluding tert-OH is 1. The second-order valence-electron chi connectivity index (χ2n) is 5.51. The molecule has 1 saturated heterocycles. The molecule has 1 aromatic heterocycles. The van der Waals surface area contributed by atoms with Crippen LogP contribution in [-0.4, -0.2) is 34.3 Å². The standard InChI is InChI=1S/C14H24N4O/c1-10(2)12-13(15)16-9-17-14(12)18-7-4-3-5-11(18)6-8-19/h9-11,19H,3-8H2,1-2H3,(H2,15,16,17). The Morgan fingerprint density at radius 2 is 2.21 bits per heavy atom. The summed E-state index contributed by atoms with van der Waals surface area (Å²) < 4.78 is 0. The van der Waals surface area contributed by atoms with Crippen LogP contribution in [0.15, 0.2) is 6.33 Å². The van der Waals surface area contributed by atoms with Gasteiger partial charge in [-0.1, -0.05) is 13.8 Å². The fraction of sp³-hybridized carbons (Fsp3) is 0.714. The second kappa shape index (κ2) is 6.19. The predicted octanol–water partition coefficient (Wildman–Crippen LogP) is 1.92. The van der Waals surface area contributed by atoms with Gasteiger partial charge in [0.15, 0.2) is 0 Å². The average Bonchev–Trinajstić information content (AvgIpc) is 2.39. The van der Waals surface area contributed by atoms with Crippen LogP contribution < -0.4 is 10.6 Å². The Kier molecular flexibility index (Phi) is 4.58. The molecule has 1 atom stereocenters. The summed E-state index contributed by atoms with van der Waals surface area (Å²) in [5, 5.41) is 9.23. The summed E-state index contributed by atoms with van der Waals surface area (Å²) in [7, 11) is 0. The van der Waals surface area contributed by atoms with Gasteiger partial charge in [0.2, 0.25) is 0 Å². The first-order chi connectivity index (χ1) is 9.15. The van der Waals surface area contributed by atoms with E-state index < -0.39 is 0 Å². The Bertz CT molecular complexity index is 420. The van der Waals surface area contributed by atoms with Gasteiger partial charge in [-0.15, -0.1) is 0 Å². The minimum absolute atomic E-state index is 0.221. The molecular formula is C14H24N4O. The first-order valence-corrected chi connectivity index (χ1v) is 7.13. The van der Waals surface area contributed by atoms with Gasteiger partial charge in [-0.3, -0.25) is 0 Å². The van der Waals surface area contributed by atoms with Crippen molar-refractivity contribution in [1.82, 2.24) is 9.97 Å². The van der Waals surface area contributed by atoms with Gasteiger partial charge in [-0.2, -0.15) is 0 Å². The SMILES string of the molecule is CC(C)c1c(N)ncnc1N1CCCCC1CCO. The van der Waals surface area contributed by atoms with Gasteiger partial charge in [-0.25, -0.2) is 9.97 Å². The summed E-state index contributed by atoms with van der Waals surface area (Å²) in [6, 6.07) is 0.366. The van der Waals surface area contributed by atoms with Crippen molar-refractivity contribution in [1.29, 1.82) is 0 Å². The Labute approximate surface area is 114 Å². The molecule has 1 aliphatic rings. The summed E-state index contributed by atoms with van der Waals surface area (Å²) in [4.78, 5) is 10.9. The highest BCUT2D eigenvalue weighted by molar-refractivity contribution is 5.58. The molecule has 3 N–H and O–H groups in total. The van der Waals surface area contributed by atoms with E-state index in [1.807, 2.05) is 0 Å². The van der Waals surface area contributed by atoms with E-state index in [1.165, 1.54) is 12.8 Å². The third-order valence-corrected chi connectivity index (χ3v) is 3.83. The predicted molar refractivity (Wildman–Crippen MR) is 77.2 cm³/mol. The number of nitrogens with zero attached hydrogens (tertiary/aromatic N) is 3. The third kappa shape index (κ3) is 2.97. The number of hydrogen-bond donors (Lipinski definition) is 2. The van der Waals surface area contributed by atoms with Crippen molar-refractivity contribution >= 4 is 11.6 Å². The summed E-state index contributed by atoms with van der Waals surface area (Å²) in [6.45, 7) is 5.44. The molecule has 0 aliphatic carbocycles. The third-order valence-electron chi connectivity index (χ3n) is 3.83. The Morgan fingerprint density at radius 1 is 1.42 bits per heavy atom. The second-order valence-corrected chi connectivity index (χ2v) is 5.51. The van der Waals surface area contributed by atoms with Crippen LogP contribution in [0.3, 0.4) is 0 Å². The van der Waals surface area contributed by atoms with E-state index in [0.717, 1.165) is 30.8 Å². The van der Waals surface area contributed by atoms with Crippen LogP contribution in [0.25, 0.3) is 0 Å². The number of rotatable bonds is 4. The number of nitrogen functional groups attached to an aromatic ring is 1. The minimum atomic E-state index is 0.221. The van der Waals surface area contributed by atoms with Crippen molar-refractivity contribution < 1.29 is 5.11 Å². The van der Waals surface area contributed by atoms with Gasteiger partial charge in [0.05, 0.1) is 0 Å². The van der Waals surface area contributed by atoms with Crippen molar-refractivity contribution in [2.45, 2.75) is 51.5 Å². The van der Waals surface area contributed by atoms with Crippen molar-refractivity contribution in [2.24, 2.45) is 0 Å². The van der Waals surface area contributed by atoms with Gasteiger partial charge in [0.1, 0.15) is 18.0 Å². The average molecular weight is 264 g/mol. The van der Waals surface area contributed by atoms with E-state index in [9.17, 15) is 5.11 Å². The normalized spacial score (nSPS) is 20.0. The van der Waals surface area contributed by atoms with Crippen LogP contribution in [0.1, 0.15) is 51.0 Å². The van der Waals surface area contributed by atoms with Crippen LogP contribution in [0.5, 0.6) is 0 Å². The molecule has 5 nitrogen and oxygen atoms in total. The van der Waals surface area contributed by atoms with Gasteiger partial charge < -0.3 is 15.7 Å². The van der Waals surface area contributed by atoms with E-state index in [2.05, 4.69) is 28.7 Å². The monoisotopic (exact) mass is 264 g/mol. The maximum atomic E-state index is 9.23. The van der Waals surface area contributed by atoms with E-state index >= 15 is 0 Å². The highest BCUT2D eigenvalue weighted by Gasteiger charge is 2.26. The molecule has 0 amide bonds. The summed E-state index contributed by atoms with van der Waals surface area (Å²) in [5.74, 6) is 1.84. The lowest BCUT2D eigenvalue weighted by atomic mass is 9.97. The topological polar surface area (TPSA) is 75.3 Å². The molecule has 1 aliphatic heterocycles. The Balaban J connectivity index is 2.35. The minimum Gasteiger partial charge on any atom is -0.396 e. The van der Waals surface area contributed by atoms with Crippen molar-refractivity contribution in [3.63, 3.8) is 0 Å². The molecule has 0 bridgehead atoms. The molecule has 1 fully saturated rings. The zero-order valence-electron chi connectivity index (χ0n) is 11.8. The largest absolute Gasteiger partial charge is 0.396 e. The lowest BCUT2D eigenvalue weighted by molar-refractivity contribution is 0.262. The number of piperidine rings is 1. The van der Waals surface area contributed by atoms with Gasteiger partial charge in [-0.05, 0) is 31.6 Å². The van der Waals surface area contributed by atoms with Gasteiger partial charge in [0, 0.05) is 24.8 Å². The molecule has 106 valence electrons. The van der Waals surface area contributed by atoms with Crippen molar-refractivity contribution in [2.75, 3.05) is 23.8 Å². The molecule has 2 rings (SSSR count). The number of hydrogen-bond acceptors (Lipinski definition) is 5. The maximum absolute atomic E-state index is 9.23. The molecule has 0 spiro atoms. The summed E-state index contributed by atoms with van der Waals surface area (Å²) >= 11 is 0. The zero-order chi connectivity index (χ0) is 13.8. The van der Waals surface area contributed by atoms with Crippen LogP contribution >= 0.6 is 0 Å². The first-order valence-electron chi connectivity index (χ1n) is 7.13. The van der Waals surface area contributed by atoms with Crippen LogP contribution in [0.2, 0.25) is 0 Å². The summed E-state index contributed by atoms with van der Waals surface area (Å²) in [6.07, 6.45) is 5.84. The highest BCUT2D eigenvalue weighted by atomic mass is 16.3. The smallest absolute Gasteiger partial charge is 0.137 e. The molecule has 5 heteroatoms. The quantitative estimate of drug-likeness (QED) is 0.869. The molecule has 1 aromatic rings. The number of aliphatic hydroxyl groups is 1. The van der Waals surface area contributed by atoms with Gasteiger partial charge >= 0.3 is 0 Å². The fourth-order valence-electron chi connectivity index (χ4n) is 2.91. The Morgan fingerprint density at radius 3 is 2.89 bits per heavy atom. The van der Waals surface area contributed by atoms with E-state index in [1.54, 1.807) is 6.33 Å². The molecule has 0 saturated carbocycles. The summed E-state index contributed by atoms with van der Waals surface area (Å²) in [5.41, 5.74) is 7.06. The molecule has 0 aromatic carbocycles. The van der Waals surface area contributed by atoms with E-state index in [-0.39, 0.29) is 6.61 Å². The molecular weight excluding hydrogens is 240 g/mol. The van der Waals surface area contributed by atoms with Crippen LogP contribution in [0, 0.1) is 0 Å².